The Labute approximate surface area is 324 Å². The first-order valence-corrected chi connectivity index (χ1v) is 19.4. The molecule has 0 aliphatic carbocycles. The highest BCUT2D eigenvalue weighted by Crippen LogP contribution is 2.41. The van der Waals surface area contributed by atoms with E-state index in [4.69, 9.17) is 9.97 Å². The van der Waals surface area contributed by atoms with Crippen molar-refractivity contribution in [3.63, 3.8) is 0 Å². The molecule has 0 unspecified atom stereocenters. The van der Waals surface area contributed by atoms with Crippen LogP contribution in [0.3, 0.4) is 0 Å². The minimum Gasteiger partial charge on any atom is -0.227 e. The van der Waals surface area contributed by atoms with Gasteiger partial charge in [-0.15, -0.1) is 11.3 Å². The van der Waals surface area contributed by atoms with E-state index in [0.717, 1.165) is 49.6 Å². The van der Waals surface area contributed by atoms with Gasteiger partial charge in [0.15, 0.2) is 5.82 Å². The van der Waals surface area contributed by atoms with Crippen LogP contribution in [0.2, 0.25) is 0 Å². The predicted octanol–water partition coefficient (Wildman–Crippen LogP) is 14.5. The molecule has 10 aromatic rings. The quantitative estimate of drug-likeness (QED) is 0.164. The zero-order chi connectivity index (χ0) is 36.6. The highest BCUT2D eigenvalue weighted by Gasteiger charge is 2.18. The van der Waals surface area contributed by atoms with Crippen LogP contribution >= 0.6 is 11.3 Å². The molecule has 2 nitrogen and oxygen atoms in total. The summed E-state index contributed by atoms with van der Waals surface area (Å²) >= 11 is 1.73. The van der Waals surface area contributed by atoms with Gasteiger partial charge in [0.1, 0.15) is 4.83 Å². The Bertz CT molecular complexity index is 2950. The Hall–Kier alpha value is -6.94. The van der Waals surface area contributed by atoms with E-state index in [9.17, 15) is 0 Å². The molecule has 0 saturated carbocycles. The number of thiophene rings is 1. The summed E-state index contributed by atoms with van der Waals surface area (Å²) in [5.41, 5.74) is 14.9. The Morgan fingerprint density at radius 2 is 0.673 bits per heavy atom. The smallest absolute Gasteiger partial charge is 0.161 e. The Morgan fingerprint density at radius 3 is 1.24 bits per heavy atom. The maximum atomic E-state index is 5.38. The number of nitrogens with zero attached hydrogens (tertiary/aromatic N) is 2. The third-order valence-electron chi connectivity index (χ3n) is 10.3. The van der Waals surface area contributed by atoms with Crippen molar-refractivity contribution < 1.29 is 0 Å². The summed E-state index contributed by atoms with van der Waals surface area (Å²) in [5, 5.41) is 2.28. The summed E-state index contributed by atoms with van der Waals surface area (Å²) in [6.45, 7) is 0. The minimum absolute atomic E-state index is 0.723. The molecule has 3 heteroatoms. The van der Waals surface area contributed by atoms with Crippen molar-refractivity contribution in [3.8, 4) is 78.3 Å². The lowest BCUT2D eigenvalue weighted by molar-refractivity contribution is 1.24. The van der Waals surface area contributed by atoms with Crippen molar-refractivity contribution in [3.05, 3.63) is 206 Å². The number of fused-ring (bicyclic) bond motifs is 3. The summed E-state index contributed by atoms with van der Waals surface area (Å²) in [6.07, 6.45) is 0. The molecule has 10 rings (SSSR count). The van der Waals surface area contributed by atoms with Crippen molar-refractivity contribution >= 4 is 31.6 Å². The lowest BCUT2D eigenvalue weighted by atomic mass is 9.96. The van der Waals surface area contributed by atoms with Gasteiger partial charge in [-0.25, -0.2) is 9.97 Å². The zero-order valence-electron chi connectivity index (χ0n) is 29.9. The molecule has 0 fully saturated rings. The average molecular weight is 719 g/mol. The third-order valence-corrected chi connectivity index (χ3v) is 11.4. The highest BCUT2D eigenvalue weighted by atomic mass is 32.1. The highest BCUT2D eigenvalue weighted by molar-refractivity contribution is 7.25. The minimum atomic E-state index is 0.723. The molecular formula is C52H34N2S. The van der Waals surface area contributed by atoms with E-state index in [1.165, 1.54) is 49.0 Å². The maximum Gasteiger partial charge on any atom is 0.161 e. The van der Waals surface area contributed by atoms with Crippen LogP contribution in [0.1, 0.15) is 0 Å². The van der Waals surface area contributed by atoms with E-state index in [1.54, 1.807) is 11.3 Å². The van der Waals surface area contributed by atoms with E-state index < -0.39 is 0 Å². The average Bonchev–Trinajstić information content (AvgIpc) is 3.66. The molecule has 258 valence electrons. The first-order chi connectivity index (χ1) is 27.2. The monoisotopic (exact) mass is 718 g/mol. The van der Waals surface area contributed by atoms with Gasteiger partial charge in [0.25, 0.3) is 0 Å². The van der Waals surface area contributed by atoms with Crippen LogP contribution < -0.4 is 0 Å². The van der Waals surface area contributed by atoms with Crippen molar-refractivity contribution in [2.24, 2.45) is 0 Å². The zero-order valence-corrected chi connectivity index (χ0v) is 30.7. The van der Waals surface area contributed by atoms with Gasteiger partial charge in [-0.1, -0.05) is 182 Å². The van der Waals surface area contributed by atoms with Gasteiger partial charge in [0, 0.05) is 26.6 Å². The Morgan fingerprint density at radius 1 is 0.291 bits per heavy atom. The fourth-order valence-corrected chi connectivity index (χ4v) is 8.57. The van der Waals surface area contributed by atoms with Gasteiger partial charge in [-0.05, 0) is 79.9 Å². The standard InChI is InChI=1S/C52H34N2S/c1-3-12-35(13-4-1)37-24-28-39(29-25-37)41-16-9-18-43(32-41)44-19-11-21-46(34-44)51-53-50(49-47-22-7-8-23-48(47)55-52(49)54-51)45-20-10-17-42(33-45)40-30-26-38(27-31-40)36-14-5-2-6-15-36/h1-34H. The molecule has 0 amide bonds. The number of hydrogen-bond donors (Lipinski definition) is 0. The molecule has 0 aliphatic heterocycles. The van der Waals surface area contributed by atoms with Crippen LogP contribution in [0.25, 0.3) is 98.6 Å². The number of hydrogen-bond acceptors (Lipinski definition) is 3. The Balaban J connectivity index is 1.03. The molecule has 0 N–H and O–H groups in total. The fraction of sp³-hybridized carbons (Fsp3) is 0. The fourth-order valence-electron chi connectivity index (χ4n) is 7.49. The largest absolute Gasteiger partial charge is 0.227 e. The Kier molecular flexibility index (Phi) is 8.40. The summed E-state index contributed by atoms with van der Waals surface area (Å²) < 4.78 is 1.21. The van der Waals surface area contributed by atoms with E-state index in [-0.39, 0.29) is 0 Å². The molecular weight excluding hydrogens is 685 g/mol. The van der Waals surface area contributed by atoms with Crippen LogP contribution in [0, 0.1) is 0 Å². The van der Waals surface area contributed by atoms with E-state index in [2.05, 4.69) is 206 Å². The molecule has 0 atom stereocenters. The van der Waals surface area contributed by atoms with Gasteiger partial charge >= 0.3 is 0 Å². The topological polar surface area (TPSA) is 25.8 Å². The van der Waals surface area contributed by atoms with Crippen LogP contribution in [0.5, 0.6) is 0 Å². The predicted molar refractivity (Wildman–Crippen MR) is 233 cm³/mol. The van der Waals surface area contributed by atoms with Crippen molar-refractivity contribution in [1.82, 2.24) is 9.97 Å². The lowest BCUT2D eigenvalue weighted by Gasteiger charge is -2.11. The second-order valence-electron chi connectivity index (χ2n) is 13.8. The second kappa shape index (κ2) is 14.1. The van der Waals surface area contributed by atoms with Gasteiger partial charge in [-0.2, -0.15) is 0 Å². The molecule has 0 radical (unpaired) electrons. The van der Waals surface area contributed by atoms with Gasteiger partial charge in [0.2, 0.25) is 0 Å². The molecule has 0 bridgehead atoms. The van der Waals surface area contributed by atoms with Gasteiger partial charge in [0.05, 0.1) is 5.69 Å². The molecule has 55 heavy (non-hydrogen) atoms. The maximum absolute atomic E-state index is 5.38. The molecule has 0 spiro atoms. The molecule has 2 aromatic heterocycles. The first-order valence-electron chi connectivity index (χ1n) is 18.6. The molecule has 2 heterocycles. The number of aromatic nitrogens is 2. The van der Waals surface area contributed by atoms with Crippen molar-refractivity contribution in [1.29, 1.82) is 0 Å². The summed E-state index contributed by atoms with van der Waals surface area (Å²) in [4.78, 5) is 11.6. The van der Waals surface area contributed by atoms with E-state index >= 15 is 0 Å². The molecule has 0 aliphatic rings. The number of rotatable bonds is 7. The molecule has 0 saturated heterocycles. The SMILES string of the molecule is c1ccc(-c2ccc(-c3cccc(-c4cccc(-c5nc(-c6cccc(-c7ccc(-c8ccccc8)cc7)c6)c6c(n5)sc5ccccc56)c4)c3)cc2)cc1. The summed E-state index contributed by atoms with van der Waals surface area (Å²) in [7, 11) is 0. The van der Waals surface area contributed by atoms with Crippen LogP contribution in [0.15, 0.2) is 206 Å². The first kappa shape index (κ1) is 32.7. The molecule has 8 aromatic carbocycles. The van der Waals surface area contributed by atoms with Gasteiger partial charge < -0.3 is 0 Å². The van der Waals surface area contributed by atoms with E-state index in [1.807, 2.05) is 0 Å². The van der Waals surface area contributed by atoms with Crippen LogP contribution in [-0.2, 0) is 0 Å². The summed E-state index contributed by atoms with van der Waals surface area (Å²) in [5.74, 6) is 0.723. The second-order valence-corrected chi connectivity index (χ2v) is 14.8. The van der Waals surface area contributed by atoms with Crippen LogP contribution in [-0.4, -0.2) is 9.97 Å². The van der Waals surface area contributed by atoms with Crippen LogP contribution in [0.4, 0.5) is 0 Å². The third kappa shape index (κ3) is 6.41. The lowest BCUT2D eigenvalue weighted by Crippen LogP contribution is -1.94. The van der Waals surface area contributed by atoms with Gasteiger partial charge in [-0.3, -0.25) is 0 Å². The van der Waals surface area contributed by atoms with Crippen molar-refractivity contribution in [2.45, 2.75) is 0 Å². The summed E-state index contributed by atoms with van der Waals surface area (Å²) in [6, 6.07) is 73.4. The number of benzene rings is 8. The van der Waals surface area contributed by atoms with Crippen molar-refractivity contribution in [2.75, 3.05) is 0 Å². The van der Waals surface area contributed by atoms with E-state index in [0.29, 0.717) is 0 Å². The normalized spacial score (nSPS) is 11.3.